The van der Waals surface area contributed by atoms with Crippen LogP contribution in [0.4, 0.5) is 5.13 Å². The number of hydrogen-bond donors (Lipinski definition) is 2. The molecule has 1 amide bonds. The minimum absolute atomic E-state index is 0.0398. The third-order valence-corrected chi connectivity index (χ3v) is 4.03. The van der Waals surface area contributed by atoms with Gasteiger partial charge in [-0.25, -0.2) is 4.98 Å². The molecule has 5 nitrogen and oxygen atoms in total. The van der Waals surface area contributed by atoms with Crippen molar-refractivity contribution in [1.82, 2.24) is 9.36 Å². The maximum atomic E-state index is 12.1. The molecule has 1 aromatic heterocycles. The van der Waals surface area contributed by atoms with Crippen LogP contribution in [0.2, 0.25) is 0 Å². The van der Waals surface area contributed by atoms with Crippen LogP contribution in [0.25, 0.3) is 0 Å². The Hall–Kier alpha value is -1.01. The lowest BCUT2D eigenvalue weighted by Crippen LogP contribution is -2.35. The summed E-state index contributed by atoms with van der Waals surface area (Å²) < 4.78 is 4.05. The standard InChI is InChI=1S/C11H18N4OS/c1-7-13-11(17-15-7)14-10(16)9-5-3-2-4-8(9)6-12/h8-9H,2-6,12H2,1H3,(H,13,14,15,16). The largest absolute Gasteiger partial charge is 0.330 e. The Morgan fingerprint density at radius 2 is 2.29 bits per heavy atom. The number of anilines is 1. The first kappa shape index (κ1) is 12.4. The van der Waals surface area contributed by atoms with E-state index < -0.39 is 0 Å². The van der Waals surface area contributed by atoms with E-state index in [0.29, 0.717) is 23.4 Å². The topological polar surface area (TPSA) is 80.9 Å². The van der Waals surface area contributed by atoms with Crippen molar-refractivity contribution in [3.05, 3.63) is 5.82 Å². The Kier molecular flexibility index (Phi) is 4.06. The molecule has 1 aromatic rings. The number of aromatic nitrogens is 2. The van der Waals surface area contributed by atoms with Crippen LogP contribution < -0.4 is 11.1 Å². The summed E-state index contributed by atoms with van der Waals surface area (Å²) in [7, 11) is 0. The van der Waals surface area contributed by atoms with Crippen LogP contribution >= 0.6 is 11.5 Å². The Morgan fingerprint density at radius 1 is 1.53 bits per heavy atom. The van der Waals surface area contributed by atoms with Crippen molar-refractivity contribution in [2.24, 2.45) is 17.6 Å². The molecule has 1 aliphatic rings. The predicted molar refractivity (Wildman–Crippen MR) is 67.8 cm³/mol. The van der Waals surface area contributed by atoms with Crippen molar-refractivity contribution < 1.29 is 4.79 Å². The number of nitrogens with one attached hydrogen (secondary N) is 1. The fourth-order valence-electron chi connectivity index (χ4n) is 2.38. The van der Waals surface area contributed by atoms with Gasteiger partial charge in [0.1, 0.15) is 5.82 Å². The van der Waals surface area contributed by atoms with E-state index in [0.717, 1.165) is 19.3 Å². The lowest BCUT2D eigenvalue weighted by Gasteiger charge is -2.29. The van der Waals surface area contributed by atoms with Crippen LogP contribution in [0.15, 0.2) is 0 Å². The van der Waals surface area contributed by atoms with Gasteiger partial charge in [-0.1, -0.05) is 12.8 Å². The molecule has 94 valence electrons. The van der Waals surface area contributed by atoms with Gasteiger partial charge in [0.15, 0.2) is 0 Å². The van der Waals surface area contributed by atoms with Crippen molar-refractivity contribution in [2.45, 2.75) is 32.6 Å². The van der Waals surface area contributed by atoms with Crippen LogP contribution in [-0.4, -0.2) is 21.8 Å². The van der Waals surface area contributed by atoms with Gasteiger partial charge in [0.05, 0.1) is 0 Å². The van der Waals surface area contributed by atoms with Crippen LogP contribution in [0.1, 0.15) is 31.5 Å². The van der Waals surface area contributed by atoms with Crippen molar-refractivity contribution in [2.75, 3.05) is 11.9 Å². The number of rotatable bonds is 3. The molecule has 6 heteroatoms. The van der Waals surface area contributed by atoms with Crippen LogP contribution in [0.3, 0.4) is 0 Å². The maximum Gasteiger partial charge on any atom is 0.229 e. The molecule has 0 aromatic carbocycles. The SMILES string of the molecule is Cc1nsc(NC(=O)C2CCCCC2CN)n1. The highest BCUT2D eigenvalue weighted by Crippen LogP contribution is 2.30. The van der Waals surface area contributed by atoms with Crippen molar-refractivity contribution in [3.63, 3.8) is 0 Å². The van der Waals surface area contributed by atoms with E-state index in [1.165, 1.54) is 18.0 Å². The molecular weight excluding hydrogens is 236 g/mol. The number of hydrogen-bond acceptors (Lipinski definition) is 5. The lowest BCUT2D eigenvalue weighted by atomic mass is 9.79. The Labute approximate surface area is 105 Å². The first-order valence-corrected chi connectivity index (χ1v) is 6.79. The summed E-state index contributed by atoms with van der Waals surface area (Å²) in [5.74, 6) is 1.11. The quantitative estimate of drug-likeness (QED) is 0.857. The fraction of sp³-hybridized carbons (Fsp3) is 0.727. The molecule has 0 spiro atoms. The van der Waals surface area contributed by atoms with E-state index in [-0.39, 0.29) is 11.8 Å². The van der Waals surface area contributed by atoms with Gasteiger partial charge in [0.25, 0.3) is 0 Å². The molecule has 1 aliphatic carbocycles. The van der Waals surface area contributed by atoms with Crippen LogP contribution in [0, 0.1) is 18.8 Å². The summed E-state index contributed by atoms with van der Waals surface area (Å²) >= 11 is 1.23. The molecule has 0 bridgehead atoms. The molecule has 1 fully saturated rings. The molecule has 2 unspecified atom stereocenters. The monoisotopic (exact) mass is 254 g/mol. The number of nitrogens with two attached hydrogens (primary N) is 1. The van der Waals surface area contributed by atoms with Gasteiger partial charge in [0, 0.05) is 17.5 Å². The Balaban J connectivity index is 1.98. The highest BCUT2D eigenvalue weighted by molar-refractivity contribution is 7.09. The van der Waals surface area contributed by atoms with Crippen LogP contribution in [-0.2, 0) is 4.79 Å². The summed E-state index contributed by atoms with van der Waals surface area (Å²) in [6, 6.07) is 0. The van der Waals surface area contributed by atoms with E-state index in [1.807, 2.05) is 6.92 Å². The molecule has 2 atom stereocenters. The van der Waals surface area contributed by atoms with Crippen molar-refractivity contribution in [1.29, 1.82) is 0 Å². The van der Waals surface area contributed by atoms with Gasteiger partial charge in [-0.3, -0.25) is 4.79 Å². The zero-order valence-corrected chi connectivity index (χ0v) is 10.8. The van der Waals surface area contributed by atoms with Gasteiger partial charge in [-0.2, -0.15) is 4.37 Å². The van der Waals surface area contributed by atoms with E-state index in [9.17, 15) is 4.79 Å². The van der Waals surface area contributed by atoms with Crippen molar-refractivity contribution in [3.8, 4) is 0 Å². The second-order valence-electron chi connectivity index (χ2n) is 4.52. The summed E-state index contributed by atoms with van der Waals surface area (Å²) in [6.45, 7) is 2.41. The average Bonchev–Trinajstić information content (AvgIpc) is 2.74. The molecule has 3 N–H and O–H groups in total. The number of carbonyl (C=O) groups excluding carboxylic acids is 1. The number of aryl methyl sites for hydroxylation is 1. The summed E-state index contributed by atoms with van der Waals surface area (Å²) in [6.07, 6.45) is 4.29. The first-order chi connectivity index (χ1) is 8.20. The van der Waals surface area contributed by atoms with Crippen molar-refractivity contribution >= 4 is 22.6 Å². The third-order valence-electron chi connectivity index (χ3n) is 3.31. The van der Waals surface area contributed by atoms with E-state index in [2.05, 4.69) is 14.7 Å². The van der Waals surface area contributed by atoms with Gasteiger partial charge in [-0.05, 0) is 32.2 Å². The molecule has 1 heterocycles. The zero-order valence-electron chi connectivity index (χ0n) is 9.98. The van der Waals surface area contributed by atoms with Gasteiger partial charge in [-0.15, -0.1) is 0 Å². The molecule has 0 aliphatic heterocycles. The second kappa shape index (κ2) is 5.55. The first-order valence-electron chi connectivity index (χ1n) is 6.02. The molecule has 0 saturated heterocycles. The lowest BCUT2D eigenvalue weighted by molar-refractivity contribution is -0.122. The average molecular weight is 254 g/mol. The van der Waals surface area contributed by atoms with E-state index >= 15 is 0 Å². The number of nitrogens with zero attached hydrogens (tertiary/aromatic N) is 2. The Bertz CT molecular complexity index is 393. The minimum Gasteiger partial charge on any atom is -0.330 e. The minimum atomic E-state index is 0.0398. The predicted octanol–water partition coefficient (Wildman–Crippen LogP) is 1.55. The smallest absolute Gasteiger partial charge is 0.229 e. The normalized spacial score (nSPS) is 24.6. The van der Waals surface area contributed by atoms with Gasteiger partial charge < -0.3 is 11.1 Å². The van der Waals surface area contributed by atoms with Crippen LogP contribution in [0.5, 0.6) is 0 Å². The molecule has 1 saturated carbocycles. The molecule has 2 rings (SSSR count). The molecule has 0 radical (unpaired) electrons. The van der Waals surface area contributed by atoms with E-state index in [4.69, 9.17) is 5.73 Å². The summed E-state index contributed by atoms with van der Waals surface area (Å²) in [4.78, 5) is 16.3. The highest BCUT2D eigenvalue weighted by Gasteiger charge is 2.30. The summed E-state index contributed by atoms with van der Waals surface area (Å²) in [5.41, 5.74) is 5.72. The maximum absolute atomic E-state index is 12.1. The van der Waals surface area contributed by atoms with Gasteiger partial charge >= 0.3 is 0 Å². The highest BCUT2D eigenvalue weighted by atomic mass is 32.1. The van der Waals surface area contributed by atoms with Gasteiger partial charge in [0.2, 0.25) is 11.0 Å². The number of carbonyl (C=O) groups is 1. The molecule has 17 heavy (non-hydrogen) atoms. The third kappa shape index (κ3) is 3.01. The Morgan fingerprint density at radius 3 is 2.94 bits per heavy atom. The summed E-state index contributed by atoms with van der Waals surface area (Å²) in [5, 5.41) is 3.44. The molecular formula is C11H18N4OS. The second-order valence-corrected chi connectivity index (χ2v) is 5.27. The number of amides is 1. The zero-order chi connectivity index (χ0) is 12.3. The fourth-order valence-corrected chi connectivity index (χ4v) is 2.96. The van der Waals surface area contributed by atoms with E-state index in [1.54, 1.807) is 0 Å².